The maximum absolute atomic E-state index is 13.1. The standard InChI is InChI=1S/C21H28ClN7O2/c1-2-3-15(13-4-6-14(22)7-5-13)28-20(31)21(25)8-10-29(11-9-21)19-16(18(24)30)17(23)26-12-27-19/h4-7,12,15H,2-3,8-11,25H2,1H3,(H2,24,30)(H,28,31)(H2,23,26,27)/t15-/m0/s1. The maximum atomic E-state index is 13.1. The van der Waals surface area contributed by atoms with E-state index in [1.54, 1.807) is 0 Å². The highest BCUT2D eigenvalue weighted by molar-refractivity contribution is 6.30. The van der Waals surface area contributed by atoms with E-state index in [2.05, 4.69) is 22.2 Å². The zero-order chi connectivity index (χ0) is 22.6. The zero-order valence-corrected chi connectivity index (χ0v) is 18.2. The summed E-state index contributed by atoms with van der Waals surface area (Å²) in [7, 11) is 0. The van der Waals surface area contributed by atoms with Gasteiger partial charge in [0.15, 0.2) is 0 Å². The van der Waals surface area contributed by atoms with E-state index in [0.717, 1.165) is 18.4 Å². The van der Waals surface area contributed by atoms with Crippen molar-refractivity contribution in [3.8, 4) is 0 Å². The van der Waals surface area contributed by atoms with Crippen LogP contribution in [0.25, 0.3) is 0 Å². The molecule has 3 rings (SSSR count). The van der Waals surface area contributed by atoms with Crippen molar-refractivity contribution in [2.45, 2.75) is 44.2 Å². The number of benzene rings is 1. The molecular weight excluding hydrogens is 418 g/mol. The van der Waals surface area contributed by atoms with Gasteiger partial charge in [-0.3, -0.25) is 9.59 Å². The van der Waals surface area contributed by atoms with Crippen LogP contribution < -0.4 is 27.4 Å². The predicted octanol–water partition coefficient (Wildman–Crippen LogP) is 1.77. The van der Waals surface area contributed by atoms with Gasteiger partial charge in [0.05, 0.1) is 11.6 Å². The molecule has 0 unspecified atom stereocenters. The average Bonchev–Trinajstić information content (AvgIpc) is 2.74. The number of carbonyl (C=O) groups excluding carboxylic acids is 2. The number of rotatable bonds is 7. The van der Waals surface area contributed by atoms with Crippen LogP contribution in [0.15, 0.2) is 30.6 Å². The molecule has 7 N–H and O–H groups in total. The zero-order valence-electron chi connectivity index (χ0n) is 17.5. The lowest BCUT2D eigenvalue weighted by molar-refractivity contribution is -0.128. The molecule has 2 amide bonds. The third-order valence-electron chi connectivity index (χ3n) is 5.67. The summed E-state index contributed by atoms with van der Waals surface area (Å²) in [5.74, 6) is -0.489. The summed E-state index contributed by atoms with van der Waals surface area (Å²) in [4.78, 5) is 34.8. The summed E-state index contributed by atoms with van der Waals surface area (Å²) in [6.07, 6.45) is 3.76. The van der Waals surface area contributed by atoms with Gasteiger partial charge >= 0.3 is 0 Å². The second-order valence-electron chi connectivity index (χ2n) is 7.83. The monoisotopic (exact) mass is 445 g/mol. The molecule has 166 valence electrons. The van der Waals surface area contributed by atoms with Crippen LogP contribution in [0.3, 0.4) is 0 Å². The number of amides is 2. The Morgan fingerprint density at radius 3 is 2.45 bits per heavy atom. The van der Waals surface area contributed by atoms with Gasteiger partial charge in [-0.1, -0.05) is 37.1 Å². The van der Waals surface area contributed by atoms with Gasteiger partial charge < -0.3 is 27.4 Å². The summed E-state index contributed by atoms with van der Waals surface area (Å²) in [5.41, 5.74) is 17.8. The van der Waals surface area contributed by atoms with E-state index in [4.69, 9.17) is 28.8 Å². The van der Waals surface area contributed by atoms with Crippen LogP contribution in [0.2, 0.25) is 5.02 Å². The fourth-order valence-corrected chi connectivity index (χ4v) is 3.94. The van der Waals surface area contributed by atoms with Crippen molar-refractivity contribution < 1.29 is 9.59 Å². The van der Waals surface area contributed by atoms with Crippen LogP contribution >= 0.6 is 11.6 Å². The number of nitrogens with two attached hydrogens (primary N) is 3. The number of anilines is 2. The Labute approximate surface area is 186 Å². The Balaban J connectivity index is 1.71. The minimum atomic E-state index is -1.03. The van der Waals surface area contributed by atoms with Gasteiger partial charge in [0, 0.05) is 18.1 Å². The fraction of sp³-hybridized carbons (Fsp3) is 0.429. The number of nitrogens with zero attached hydrogens (tertiary/aromatic N) is 3. The lowest BCUT2D eigenvalue weighted by atomic mass is 9.86. The third-order valence-corrected chi connectivity index (χ3v) is 5.92. The van der Waals surface area contributed by atoms with Gasteiger partial charge in [0.25, 0.3) is 5.91 Å². The number of nitrogen functional groups attached to an aromatic ring is 1. The summed E-state index contributed by atoms with van der Waals surface area (Å²) in [5, 5.41) is 3.76. The second-order valence-corrected chi connectivity index (χ2v) is 8.27. The first-order valence-corrected chi connectivity index (χ1v) is 10.6. The molecule has 9 nitrogen and oxygen atoms in total. The topological polar surface area (TPSA) is 153 Å². The van der Waals surface area contributed by atoms with E-state index in [9.17, 15) is 9.59 Å². The van der Waals surface area contributed by atoms with Crippen molar-refractivity contribution in [2.24, 2.45) is 11.5 Å². The highest BCUT2D eigenvalue weighted by atomic mass is 35.5. The second kappa shape index (κ2) is 9.49. The molecule has 1 saturated heterocycles. The van der Waals surface area contributed by atoms with Gasteiger partial charge in [-0.25, -0.2) is 9.97 Å². The highest BCUT2D eigenvalue weighted by Gasteiger charge is 2.39. The van der Waals surface area contributed by atoms with Crippen LogP contribution in [0.5, 0.6) is 0 Å². The predicted molar refractivity (Wildman–Crippen MR) is 121 cm³/mol. The van der Waals surface area contributed by atoms with Crippen molar-refractivity contribution in [2.75, 3.05) is 23.7 Å². The van der Waals surface area contributed by atoms with E-state index in [-0.39, 0.29) is 23.3 Å². The summed E-state index contributed by atoms with van der Waals surface area (Å²) >= 11 is 5.99. The maximum Gasteiger partial charge on any atom is 0.256 e. The van der Waals surface area contributed by atoms with Gasteiger partial charge in [-0.05, 0) is 37.0 Å². The van der Waals surface area contributed by atoms with Gasteiger partial charge in [0.1, 0.15) is 23.5 Å². The molecule has 1 aliphatic heterocycles. The molecule has 0 bridgehead atoms. The number of piperidine rings is 1. The Morgan fingerprint density at radius 2 is 1.87 bits per heavy atom. The Kier molecular flexibility index (Phi) is 6.97. The van der Waals surface area contributed by atoms with Crippen molar-refractivity contribution >= 4 is 35.1 Å². The van der Waals surface area contributed by atoms with E-state index in [0.29, 0.717) is 36.8 Å². The van der Waals surface area contributed by atoms with Crippen LogP contribution in [0.4, 0.5) is 11.6 Å². The number of hydrogen-bond acceptors (Lipinski definition) is 7. The number of primary amides is 1. The van der Waals surface area contributed by atoms with Crippen LogP contribution in [-0.2, 0) is 4.79 Å². The SMILES string of the molecule is CCC[C@H](NC(=O)C1(N)CCN(c2ncnc(N)c2C(N)=O)CC1)c1ccc(Cl)cc1. The molecule has 31 heavy (non-hydrogen) atoms. The van der Waals surface area contributed by atoms with E-state index in [1.807, 2.05) is 29.2 Å². The molecule has 1 fully saturated rings. The third kappa shape index (κ3) is 5.05. The molecule has 2 heterocycles. The number of halogens is 1. The Morgan fingerprint density at radius 1 is 1.23 bits per heavy atom. The molecule has 0 radical (unpaired) electrons. The lowest BCUT2D eigenvalue weighted by Gasteiger charge is -2.39. The first-order valence-electron chi connectivity index (χ1n) is 10.3. The normalized spacial score (nSPS) is 16.5. The minimum Gasteiger partial charge on any atom is -0.383 e. The van der Waals surface area contributed by atoms with Crippen LogP contribution in [0, 0.1) is 0 Å². The molecule has 1 aromatic carbocycles. The van der Waals surface area contributed by atoms with Crippen molar-refractivity contribution in [3.05, 3.63) is 46.7 Å². The Hall–Kier alpha value is -2.91. The molecule has 0 spiro atoms. The van der Waals surface area contributed by atoms with Crippen LogP contribution in [-0.4, -0.2) is 40.4 Å². The summed E-state index contributed by atoms with van der Waals surface area (Å²) in [6.45, 7) is 2.93. The van der Waals surface area contributed by atoms with Gasteiger partial charge in [-0.2, -0.15) is 0 Å². The van der Waals surface area contributed by atoms with Crippen molar-refractivity contribution in [3.63, 3.8) is 0 Å². The number of carbonyl (C=O) groups is 2. The summed E-state index contributed by atoms with van der Waals surface area (Å²) in [6, 6.07) is 7.31. The molecule has 0 saturated carbocycles. The van der Waals surface area contributed by atoms with Crippen molar-refractivity contribution in [1.29, 1.82) is 0 Å². The molecule has 10 heteroatoms. The smallest absolute Gasteiger partial charge is 0.256 e. The minimum absolute atomic E-state index is 0.0326. The average molecular weight is 446 g/mol. The fourth-order valence-electron chi connectivity index (χ4n) is 3.82. The highest BCUT2D eigenvalue weighted by Crippen LogP contribution is 2.29. The van der Waals surface area contributed by atoms with Gasteiger partial charge in [-0.15, -0.1) is 0 Å². The van der Waals surface area contributed by atoms with Crippen LogP contribution in [0.1, 0.15) is 54.6 Å². The van der Waals surface area contributed by atoms with E-state index in [1.165, 1.54) is 6.33 Å². The lowest BCUT2D eigenvalue weighted by Crippen LogP contribution is -2.60. The summed E-state index contributed by atoms with van der Waals surface area (Å²) < 4.78 is 0. The molecule has 0 aliphatic carbocycles. The number of aromatic nitrogens is 2. The van der Waals surface area contributed by atoms with Crippen molar-refractivity contribution in [1.82, 2.24) is 15.3 Å². The molecule has 1 atom stereocenters. The number of nitrogens with one attached hydrogen (secondary N) is 1. The molecule has 1 aromatic heterocycles. The first kappa shape index (κ1) is 22.8. The quantitative estimate of drug-likeness (QED) is 0.506. The first-order chi connectivity index (χ1) is 14.7. The molecule has 2 aromatic rings. The largest absolute Gasteiger partial charge is 0.383 e. The number of hydrogen-bond donors (Lipinski definition) is 4. The Bertz CT molecular complexity index is 943. The van der Waals surface area contributed by atoms with E-state index >= 15 is 0 Å². The molecular formula is C21H28ClN7O2. The van der Waals surface area contributed by atoms with E-state index < -0.39 is 11.4 Å². The van der Waals surface area contributed by atoms with Gasteiger partial charge in [0.2, 0.25) is 5.91 Å². The molecule has 1 aliphatic rings.